The number of hydrogen-bond acceptors (Lipinski definition) is 3. The minimum atomic E-state index is -0.465. The lowest BCUT2D eigenvalue weighted by molar-refractivity contribution is -0.131. The normalized spacial score (nSPS) is 10.8. The van der Waals surface area contributed by atoms with Gasteiger partial charge in [-0.2, -0.15) is 0 Å². The molecule has 0 fully saturated rings. The molecule has 0 radical (unpaired) electrons. The summed E-state index contributed by atoms with van der Waals surface area (Å²) in [5.74, 6) is -0.227. The molecule has 8 heteroatoms. The molecular formula is C24H29FN4O3. The first-order valence-corrected chi connectivity index (χ1v) is 10.6. The van der Waals surface area contributed by atoms with Crippen molar-refractivity contribution in [1.82, 2.24) is 14.4 Å². The summed E-state index contributed by atoms with van der Waals surface area (Å²) in [6, 6.07) is 11.8. The van der Waals surface area contributed by atoms with E-state index in [-0.39, 0.29) is 30.8 Å². The zero-order valence-electron chi connectivity index (χ0n) is 18.9. The van der Waals surface area contributed by atoms with Crippen molar-refractivity contribution in [3.63, 3.8) is 0 Å². The molecule has 7 nitrogen and oxygen atoms in total. The SMILES string of the molecule is CCN(CC)C(=O)Cn1ccc2cc(NC(=O)N(C)Cc3ccc(OC)c(F)c3)ccc21. The minimum Gasteiger partial charge on any atom is -0.494 e. The van der Waals surface area contributed by atoms with Gasteiger partial charge in [-0.15, -0.1) is 0 Å². The van der Waals surface area contributed by atoms with E-state index < -0.39 is 5.82 Å². The van der Waals surface area contributed by atoms with Crippen LogP contribution in [0.2, 0.25) is 0 Å². The second-order valence-corrected chi connectivity index (χ2v) is 7.54. The first-order chi connectivity index (χ1) is 15.4. The van der Waals surface area contributed by atoms with Gasteiger partial charge in [-0.25, -0.2) is 9.18 Å². The Morgan fingerprint density at radius 2 is 1.84 bits per heavy atom. The van der Waals surface area contributed by atoms with E-state index in [0.717, 1.165) is 10.9 Å². The summed E-state index contributed by atoms with van der Waals surface area (Å²) >= 11 is 0. The van der Waals surface area contributed by atoms with Crippen LogP contribution < -0.4 is 10.1 Å². The Hall–Kier alpha value is -3.55. The molecule has 3 rings (SSSR count). The van der Waals surface area contributed by atoms with Gasteiger partial charge in [0.1, 0.15) is 6.54 Å². The summed E-state index contributed by atoms with van der Waals surface area (Å²) in [6.07, 6.45) is 1.88. The summed E-state index contributed by atoms with van der Waals surface area (Å²) in [5.41, 5.74) is 2.22. The number of ether oxygens (including phenoxy) is 1. The number of methoxy groups -OCH3 is 1. The van der Waals surface area contributed by atoms with Gasteiger partial charge in [0, 0.05) is 49.5 Å². The Morgan fingerprint density at radius 3 is 2.50 bits per heavy atom. The number of amides is 3. The molecule has 1 N–H and O–H groups in total. The van der Waals surface area contributed by atoms with Gasteiger partial charge in [-0.05, 0) is 55.8 Å². The van der Waals surface area contributed by atoms with Crippen molar-refractivity contribution in [1.29, 1.82) is 0 Å². The third-order valence-electron chi connectivity index (χ3n) is 5.43. The van der Waals surface area contributed by atoms with Gasteiger partial charge in [0.15, 0.2) is 11.6 Å². The summed E-state index contributed by atoms with van der Waals surface area (Å²) in [6.45, 7) is 5.82. The highest BCUT2D eigenvalue weighted by atomic mass is 19.1. The highest BCUT2D eigenvalue weighted by molar-refractivity contribution is 5.93. The molecule has 0 atom stereocenters. The Morgan fingerprint density at radius 1 is 1.09 bits per heavy atom. The van der Waals surface area contributed by atoms with Crippen LogP contribution in [0.1, 0.15) is 19.4 Å². The molecule has 0 aliphatic rings. The van der Waals surface area contributed by atoms with Gasteiger partial charge in [0.25, 0.3) is 0 Å². The molecular weight excluding hydrogens is 411 g/mol. The lowest BCUT2D eigenvalue weighted by Crippen LogP contribution is -2.33. The lowest BCUT2D eigenvalue weighted by atomic mass is 10.2. The Labute approximate surface area is 187 Å². The molecule has 3 aromatic rings. The molecule has 32 heavy (non-hydrogen) atoms. The van der Waals surface area contributed by atoms with E-state index in [1.54, 1.807) is 30.1 Å². The third-order valence-corrected chi connectivity index (χ3v) is 5.43. The maximum atomic E-state index is 13.9. The molecule has 0 saturated carbocycles. The van der Waals surface area contributed by atoms with Crippen molar-refractivity contribution in [2.75, 3.05) is 32.6 Å². The summed E-state index contributed by atoms with van der Waals surface area (Å²) < 4.78 is 20.7. The number of nitrogens with zero attached hydrogens (tertiary/aromatic N) is 3. The van der Waals surface area contributed by atoms with Gasteiger partial charge in [-0.1, -0.05) is 6.07 Å². The molecule has 2 aromatic carbocycles. The number of aromatic nitrogens is 1. The molecule has 0 spiro atoms. The number of urea groups is 1. The molecule has 1 aromatic heterocycles. The highest BCUT2D eigenvalue weighted by Gasteiger charge is 2.14. The van der Waals surface area contributed by atoms with E-state index in [0.29, 0.717) is 24.3 Å². The van der Waals surface area contributed by atoms with Gasteiger partial charge in [0.2, 0.25) is 5.91 Å². The molecule has 170 valence electrons. The fourth-order valence-electron chi connectivity index (χ4n) is 3.61. The third kappa shape index (κ3) is 5.19. The number of benzene rings is 2. The van der Waals surface area contributed by atoms with E-state index in [9.17, 15) is 14.0 Å². The summed E-state index contributed by atoms with van der Waals surface area (Å²) in [5, 5.41) is 3.79. The first-order valence-electron chi connectivity index (χ1n) is 10.6. The number of hydrogen-bond donors (Lipinski definition) is 1. The van der Waals surface area contributed by atoms with Crippen LogP contribution in [0.15, 0.2) is 48.7 Å². The Balaban J connectivity index is 1.66. The Kier molecular flexibility index (Phi) is 7.35. The van der Waals surface area contributed by atoms with Crippen LogP contribution in [0, 0.1) is 5.82 Å². The van der Waals surface area contributed by atoms with Crippen LogP contribution in [0.3, 0.4) is 0 Å². The zero-order chi connectivity index (χ0) is 23.3. The number of fused-ring (bicyclic) bond motifs is 1. The number of anilines is 1. The molecule has 0 saturated heterocycles. The number of likely N-dealkylation sites (N-methyl/N-ethyl adjacent to an activating group) is 1. The number of halogens is 1. The van der Waals surface area contributed by atoms with Crippen molar-refractivity contribution < 1.29 is 18.7 Å². The maximum Gasteiger partial charge on any atom is 0.321 e. The average molecular weight is 441 g/mol. The van der Waals surface area contributed by atoms with Crippen molar-refractivity contribution in [2.24, 2.45) is 0 Å². The van der Waals surface area contributed by atoms with Crippen LogP contribution >= 0.6 is 0 Å². The lowest BCUT2D eigenvalue weighted by Gasteiger charge is -2.19. The van der Waals surface area contributed by atoms with Crippen molar-refractivity contribution >= 4 is 28.5 Å². The van der Waals surface area contributed by atoms with Crippen molar-refractivity contribution in [3.8, 4) is 5.75 Å². The Bertz CT molecular complexity index is 1110. The van der Waals surface area contributed by atoms with Crippen LogP contribution in [-0.4, -0.2) is 53.6 Å². The fraction of sp³-hybridized carbons (Fsp3) is 0.333. The zero-order valence-corrected chi connectivity index (χ0v) is 18.9. The second-order valence-electron chi connectivity index (χ2n) is 7.54. The maximum absolute atomic E-state index is 13.9. The van der Waals surface area contributed by atoms with Gasteiger partial charge in [0.05, 0.1) is 7.11 Å². The van der Waals surface area contributed by atoms with Crippen LogP contribution in [-0.2, 0) is 17.9 Å². The van der Waals surface area contributed by atoms with Gasteiger partial charge < -0.3 is 24.4 Å². The molecule has 1 heterocycles. The molecule has 0 aliphatic heterocycles. The van der Waals surface area contributed by atoms with E-state index in [2.05, 4.69) is 5.32 Å². The quantitative estimate of drug-likeness (QED) is 0.567. The van der Waals surface area contributed by atoms with E-state index >= 15 is 0 Å². The molecule has 0 aliphatic carbocycles. The van der Waals surface area contributed by atoms with Gasteiger partial charge in [-0.3, -0.25) is 4.79 Å². The van der Waals surface area contributed by atoms with E-state index in [4.69, 9.17) is 4.74 Å². The molecule has 3 amide bonds. The predicted octanol–water partition coefficient (Wildman–Crippen LogP) is 4.32. The number of carbonyl (C=O) groups excluding carboxylic acids is 2. The number of rotatable bonds is 8. The van der Waals surface area contributed by atoms with Crippen LogP contribution in [0.25, 0.3) is 10.9 Å². The monoisotopic (exact) mass is 440 g/mol. The van der Waals surface area contributed by atoms with E-state index in [1.165, 1.54) is 18.1 Å². The van der Waals surface area contributed by atoms with Crippen LogP contribution in [0.5, 0.6) is 5.75 Å². The van der Waals surface area contributed by atoms with Gasteiger partial charge >= 0.3 is 6.03 Å². The summed E-state index contributed by atoms with van der Waals surface area (Å²) in [4.78, 5) is 28.3. The number of carbonyl (C=O) groups is 2. The molecule has 0 bridgehead atoms. The average Bonchev–Trinajstić information content (AvgIpc) is 3.16. The van der Waals surface area contributed by atoms with Crippen molar-refractivity contribution in [3.05, 3.63) is 60.0 Å². The second kappa shape index (κ2) is 10.2. The predicted molar refractivity (Wildman–Crippen MR) is 123 cm³/mol. The topological polar surface area (TPSA) is 66.8 Å². The molecule has 0 unspecified atom stereocenters. The largest absolute Gasteiger partial charge is 0.494 e. The number of nitrogens with one attached hydrogen (secondary N) is 1. The standard InChI is InChI=1S/C24H29FN4O3/c1-5-28(6-2)23(30)16-29-12-11-18-14-19(8-9-21(18)29)26-24(31)27(3)15-17-7-10-22(32-4)20(25)13-17/h7-14H,5-6,15-16H2,1-4H3,(H,26,31). The minimum absolute atomic E-state index is 0.0708. The fourth-order valence-corrected chi connectivity index (χ4v) is 3.61. The summed E-state index contributed by atoms with van der Waals surface area (Å²) in [7, 11) is 3.05. The van der Waals surface area contributed by atoms with Crippen LogP contribution in [0.4, 0.5) is 14.9 Å². The first kappa shape index (κ1) is 23.1. The highest BCUT2D eigenvalue weighted by Crippen LogP contribution is 2.22. The smallest absolute Gasteiger partial charge is 0.321 e. The van der Waals surface area contributed by atoms with Crippen molar-refractivity contribution in [2.45, 2.75) is 26.9 Å². The van der Waals surface area contributed by atoms with E-state index in [1.807, 2.05) is 42.8 Å².